The van der Waals surface area contributed by atoms with Crippen molar-refractivity contribution in [2.24, 2.45) is 0 Å². The summed E-state index contributed by atoms with van der Waals surface area (Å²) < 4.78 is 11.0. The second-order valence-corrected chi connectivity index (χ2v) is 6.22. The van der Waals surface area contributed by atoms with E-state index in [-0.39, 0.29) is 5.91 Å². The number of para-hydroxylation sites is 1. The molecule has 3 aromatic rings. The largest absolute Gasteiger partial charge is 0.451 e. The lowest BCUT2D eigenvalue weighted by Gasteiger charge is -2.10. The average Bonchev–Trinajstić information content (AvgIpc) is 3.01. The topological polar surface area (TPSA) is 51.5 Å². The van der Waals surface area contributed by atoms with E-state index in [9.17, 15) is 4.79 Å². The number of fused-ring (bicyclic) bond motifs is 1. The molecule has 4 nitrogen and oxygen atoms in total. The number of carbonyl (C=O) groups excluding carboxylic acids is 1. The van der Waals surface area contributed by atoms with Crippen LogP contribution in [0.25, 0.3) is 11.0 Å². The lowest BCUT2D eigenvalue weighted by molar-refractivity contribution is 0.0992. The van der Waals surface area contributed by atoms with Crippen LogP contribution in [0.4, 0.5) is 5.69 Å². The molecule has 0 aliphatic heterocycles. The van der Waals surface area contributed by atoms with Crippen molar-refractivity contribution < 1.29 is 13.9 Å². The fourth-order valence-electron chi connectivity index (χ4n) is 2.89. The number of benzene rings is 2. The smallest absolute Gasteiger partial charge is 0.291 e. The van der Waals surface area contributed by atoms with Crippen molar-refractivity contribution in [1.82, 2.24) is 0 Å². The molecule has 2 aromatic carbocycles. The molecule has 0 aliphatic rings. The molecule has 1 amide bonds. The molecule has 0 spiro atoms. The number of ether oxygens (including phenoxy) is 1. The Bertz CT molecular complexity index is 864. The standard InChI is InChI=1S/C21H23NO3/c1-4-14(2)15-9-11-16(12-10-15)22-21(23)20-18(13-24-3)17-7-5-6-8-19(17)25-20/h5-12,14H,4,13H2,1-3H3,(H,22,23)/t14-/m0/s1. The Labute approximate surface area is 147 Å². The van der Waals surface area contributed by atoms with Crippen LogP contribution in [0.2, 0.25) is 0 Å². The minimum Gasteiger partial charge on any atom is -0.451 e. The molecular formula is C21H23NO3. The van der Waals surface area contributed by atoms with E-state index in [2.05, 4.69) is 31.3 Å². The summed E-state index contributed by atoms with van der Waals surface area (Å²) in [5, 5.41) is 3.82. The molecule has 0 bridgehead atoms. The van der Waals surface area contributed by atoms with Crippen LogP contribution in [0.3, 0.4) is 0 Å². The van der Waals surface area contributed by atoms with Crippen LogP contribution in [0.1, 0.15) is 47.9 Å². The van der Waals surface area contributed by atoms with Gasteiger partial charge in [-0.05, 0) is 36.1 Å². The first-order valence-corrected chi connectivity index (χ1v) is 8.54. The molecule has 4 heteroatoms. The zero-order valence-electron chi connectivity index (χ0n) is 14.8. The summed E-state index contributed by atoms with van der Waals surface area (Å²) in [5.74, 6) is 0.544. The Hall–Kier alpha value is -2.59. The van der Waals surface area contributed by atoms with Crippen molar-refractivity contribution in [3.63, 3.8) is 0 Å². The number of rotatable bonds is 6. The SMILES string of the molecule is CC[C@H](C)c1ccc(NC(=O)c2oc3ccccc3c2COC)cc1. The van der Waals surface area contributed by atoms with E-state index in [1.165, 1.54) is 5.56 Å². The van der Waals surface area contributed by atoms with Crippen molar-refractivity contribution in [2.75, 3.05) is 12.4 Å². The Morgan fingerprint density at radius 2 is 1.88 bits per heavy atom. The number of furan rings is 1. The van der Waals surface area contributed by atoms with Crippen LogP contribution in [-0.4, -0.2) is 13.0 Å². The molecule has 0 aliphatic carbocycles. The zero-order chi connectivity index (χ0) is 17.8. The summed E-state index contributed by atoms with van der Waals surface area (Å²) in [7, 11) is 1.61. The number of hydrogen-bond donors (Lipinski definition) is 1. The second-order valence-electron chi connectivity index (χ2n) is 6.22. The first kappa shape index (κ1) is 17.2. The van der Waals surface area contributed by atoms with Gasteiger partial charge in [-0.3, -0.25) is 4.79 Å². The van der Waals surface area contributed by atoms with Crippen molar-refractivity contribution in [3.8, 4) is 0 Å². The van der Waals surface area contributed by atoms with Crippen molar-refractivity contribution in [2.45, 2.75) is 32.8 Å². The molecular weight excluding hydrogens is 314 g/mol. The minimum atomic E-state index is -0.264. The maximum absolute atomic E-state index is 12.7. The van der Waals surface area contributed by atoms with E-state index in [0.717, 1.165) is 23.1 Å². The molecule has 1 aromatic heterocycles. The Morgan fingerprint density at radius 1 is 1.16 bits per heavy atom. The van der Waals surface area contributed by atoms with Gasteiger partial charge in [-0.25, -0.2) is 0 Å². The van der Waals surface area contributed by atoms with E-state index < -0.39 is 0 Å². The van der Waals surface area contributed by atoms with Crippen LogP contribution >= 0.6 is 0 Å². The highest BCUT2D eigenvalue weighted by Gasteiger charge is 2.20. The van der Waals surface area contributed by atoms with Gasteiger partial charge < -0.3 is 14.5 Å². The fraction of sp³-hybridized carbons (Fsp3) is 0.286. The normalized spacial score (nSPS) is 12.3. The minimum absolute atomic E-state index is 0.264. The van der Waals surface area contributed by atoms with Gasteiger partial charge in [0.05, 0.1) is 6.61 Å². The monoisotopic (exact) mass is 337 g/mol. The second kappa shape index (κ2) is 7.53. The van der Waals surface area contributed by atoms with E-state index in [0.29, 0.717) is 23.9 Å². The lowest BCUT2D eigenvalue weighted by atomic mass is 9.99. The van der Waals surface area contributed by atoms with Gasteiger partial charge in [-0.1, -0.05) is 44.2 Å². The molecule has 0 saturated carbocycles. The molecule has 3 rings (SSSR count). The first-order valence-electron chi connectivity index (χ1n) is 8.54. The quantitative estimate of drug-likeness (QED) is 0.660. The number of carbonyl (C=O) groups is 1. The van der Waals surface area contributed by atoms with Gasteiger partial charge in [0.1, 0.15) is 5.58 Å². The maximum atomic E-state index is 12.7. The van der Waals surface area contributed by atoms with Crippen LogP contribution in [0.5, 0.6) is 0 Å². The Morgan fingerprint density at radius 3 is 2.56 bits per heavy atom. The highest BCUT2D eigenvalue weighted by molar-refractivity contribution is 6.06. The van der Waals surface area contributed by atoms with E-state index >= 15 is 0 Å². The Kier molecular flexibility index (Phi) is 5.19. The number of hydrogen-bond acceptors (Lipinski definition) is 3. The van der Waals surface area contributed by atoms with Crippen LogP contribution in [-0.2, 0) is 11.3 Å². The van der Waals surface area contributed by atoms with E-state index in [1.807, 2.05) is 36.4 Å². The van der Waals surface area contributed by atoms with Gasteiger partial charge in [0.15, 0.2) is 5.76 Å². The molecule has 25 heavy (non-hydrogen) atoms. The molecule has 0 unspecified atom stereocenters. The first-order chi connectivity index (χ1) is 12.1. The van der Waals surface area contributed by atoms with Crippen LogP contribution in [0, 0.1) is 0 Å². The molecule has 0 radical (unpaired) electrons. The van der Waals surface area contributed by atoms with Gasteiger partial charge in [-0.15, -0.1) is 0 Å². The zero-order valence-corrected chi connectivity index (χ0v) is 14.8. The highest BCUT2D eigenvalue weighted by Crippen LogP contribution is 2.27. The average molecular weight is 337 g/mol. The predicted molar refractivity (Wildman–Crippen MR) is 100 cm³/mol. The van der Waals surface area contributed by atoms with Gasteiger partial charge in [0.25, 0.3) is 5.91 Å². The third-order valence-electron chi connectivity index (χ3n) is 4.54. The summed E-state index contributed by atoms with van der Waals surface area (Å²) in [6.07, 6.45) is 1.09. The number of nitrogens with one attached hydrogen (secondary N) is 1. The Balaban J connectivity index is 1.86. The molecule has 130 valence electrons. The molecule has 1 heterocycles. The third kappa shape index (κ3) is 3.59. The lowest BCUT2D eigenvalue weighted by Crippen LogP contribution is -2.13. The van der Waals surface area contributed by atoms with Gasteiger partial charge >= 0.3 is 0 Å². The number of anilines is 1. The number of amides is 1. The highest BCUT2D eigenvalue weighted by atomic mass is 16.5. The van der Waals surface area contributed by atoms with E-state index in [1.54, 1.807) is 7.11 Å². The summed E-state index contributed by atoms with van der Waals surface area (Å²) in [6.45, 7) is 4.69. The van der Waals surface area contributed by atoms with Crippen LogP contribution < -0.4 is 5.32 Å². The molecule has 1 N–H and O–H groups in total. The fourth-order valence-corrected chi connectivity index (χ4v) is 2.89. The van der Waals surface area contributed by atoms with Gasteiger partial charge in [0, 0.05) is 23.7 Å². The maximum Gasteiger partial charge on any atom is 0.291 e. The summed E-state index contributed by atoms with van der Waals surface area (Å²) in [5.41, 5.74) is 3.48. The molecule has 1 atom stereocenters. The summed E-state index contributed by atoms with van der Waals surface area (Å²) in [4.78, 5) is 12.7. The third-order valence-corrected chi connectivity index (χ3v) is 4.54. The van der Waals surface area contributed by atoms with E-state index in [4.69, 9.17) is 9.15 Å². The summed E-state index contributed by atoms with van der Waals surface area (Å²) >= 11 is 0. The number of methoxy groups -OCH3 is 1. The van der Waals surface area contributed by atoms with Gasteiger partial charge in [-0.2, -0.15) is 0 Å². The van der Waals surface area contributed by atoms with Crippen molar-refractivity contribution >= 4 is 22.6 Å². The van der Waals surface area contributed by atoms with Crippen molar-refractivity contribution in [1.29, 1.82) is 0 Å². The van der Waals surface area contributed by atoms with Crippen molar-refractivity contribution in [3.05, 3.63) is 65.4 Å². The van der Waals surface area contributed by atoms with Crippen LogP contribution in [0.15, 0.2) is 52.9 Å². The summed E-state index contributed by atoms with van der Waals surface area (Å²) in [6, 6.07) is 15.6. The predicted octanol–water partition coefficient (Wildman–Crippen LogP) is 5.35. The van der Waals surface area contributed by atoms with Gasteiger partial charge in [0.2, 0.25) is 0 Å². The molecule has 0 fully saturated rings. The molecule has 0 saturated heterocycles.